The molecule has 0 rings (SSSR count). The van der Waals surface area contributed by atoms with Gasteiger partial charge in [-0.2, -0.15) is 5.26 Å². The highest BCUT2D eigenvalue weighted by molar-refractivity contribution is 5.77. The smallest absolute Gasteiger partial charge is 0.428 e. The van der Waals surface area contributed by atoms with Crippen molar-refractivity contribution in [3.63, 3.8) is 0 Å². The summed E-state index contributed by atoms with van der Waals surface area (Å²) in [5.41, 5.74) is -1.39. The molecule has 0 aliphatic heterocycles. The average molecular weight is 259 g/mol. The van der Waals surface area contributed by atoms with Gasteiger partial charge in [-0.3, -0.25) is 0 Å². The van der Waals surface area contributed by atoms with Gasteiger partial charge in [0.2, 0.25) is 0 Å². The molecule has 18 heavy (non-hydrogen) atoms. The van der Waals surface area contributed by atoms with Gasteiger partial charge in [0, 0.05) is 6.92 Å². The zero-order chi connectivity index (χ0) is 15.0. The minimum atomic E-state index is -1.06. The van der Waals surface area contributed by atoms with Crippen molar-refractivity contribution in [2.45, 2.75) is 59.7 Å². The summed E-state index contributed by atoms with van der Waals surface area (Å²) in [5, 5.41) is 7.32. The highest BCUT2D eigenvalue weighted by Gasteiger charge is 2.24. The summed E-state index contributed by atoms with van der Waals surface area (Å²) in [6.45, 7) is 11.5. The number of nitriles is 1. The first kappa shape index (κ1) is 18.6. The fourth-order valence-corrected chi connectivity index (χ4v) is 0.610. The molecule has 6 nitrogen and oxygen atoms in total. The van der Waals surface area contributed by atoms with Crippen molar-refractivity contribution in [1.29, 1.82) is 5.26 Å². The van der Waals surface area contributed by atoms with Gasteiger partial charge in [-0.05, 0) is 41.5 Å². The van der Waals surface area contributed by atoms with Gasteiger partial charge >= 0.3 is 12.3 Å². The van der Waals surface area contributed by atoms with Gasteiger partial charge < -0.3 is 14.2 Å². The molecule has 0 unspecified atom stereocenters. The Bertz CT molecular complexity index is 291. The molecule has 0 radical (unpaired) electrons. The van der Waals surface area contributed by atoms with Crippen LogP contribution >= 0.6 is 0 Å². The zero-order valence-corrected chi connectivity index (χ0v) is 12.0. The molecule has 0 saturated heterocycles. The number of rotatable bonds is 0. The largest absolute Gasteiger partial charge is 0.519 e. The highest BCUT2D eigenvalue weighted by atomic mass is 16.8. The Morgan fingerprint density at radius 1 is 0.889 bits per heavy atom. The van der Waals surface area contributed by atoms with E-state index < -0.39 is 23.5 Å². The first-order chi connectivity index (χ1) is 7.91. The van der Waals surface area contributed by atoms with Crippen molar-refractivity contribution in [2.75, 3.05) is 0 Å². The number of nitrogens with zero attached hydrogens (tertiary/aromatic N) is 1. The molecule has 0 bridgehead atoms. The van der Waals surface area contributed by atoms with Crippen molar-refractivity contribution in [1.82, 2.24) is 0 Å². The van der Waals surface area contributed by atoms with Gasteiger partial charge in [0.15, 0.2) is 0 Å². The molecule has 0 aliphatic carbocycles. The molecular weight excluding hydrogens is 238 g/mol. The van der Waals surface area contributed by atoms with Crippen LogP contribution in [0.25, 0.3) is 0 Å². The van der Waals surface area contributed by atoms with E-state index in [1.807, 2.05) is 0 Å². The van der Waals surface area contributed by atoms with Crippen LogP contribution < -0.4 is 0 Å². The van der Waals surface area contributed by atoms with E-state index in [4.69, 9.17) is 14.7 Å². The second-order valence-corrected chi connectivity index (χ2v) is 5.25. The summed E-state index contributed by atoms with van der Waals surface area (Å²) >= 11 is 0. The van der Waals surface area contributed by atoms with Crippen molar-refractivity contribution in [3.05, 3.63) is 0 Å². The van der Waals surface area contributed by atoms with Crippen LogP contribution in [0.1, 0.15) is 48.5 Å². The van der Waals surface area contributed by atoms with Crippen LogP contribution in [-0.2, 0) is 14.2 Å². The lowest BCUT2D eigenvalue weighted by atomic mass is 10.2. The van der Waals surface area contributed by atoms with E-state index in [0.717, 1.165) is 0 Å². The zero-order valence-electron chi connectivity index (χ0n) is 12.0. The third-order valence-corrected chi connectivity index (χ3v) is 0.946. The molecule has 0 aromatic heterocycles. The molecule has 0 heterocycles. The second kappa shape index (κ2) is 7.54. The van der Waals surface area contributed by atoms with Crippen LogP contribution in [0, 0.1) is 11.3 Å². The molecule has 6 heteroatoms. The van der Waals surface area contributed by atoms with Gasteiger partial charge in [-0.15, -0.1) is 0 Å². The van der Waals surface area contributed by atoms with E-state index in [9.17, 15) is 9.59 Å². The minimum absolute atomic E-state index is 0.695. The monoisotopic (exact) mass is 259 g/mol. The number of hydrogen-bond acceptors (Lipinski definition) is 6. The molecule has 0 atom stereocenters. The molecule has 104 valence electrons. The van der Waals surface area contributed by atoms with E-state index in [1.165, 1.54) is 6.92 Å². The van der Waals surface area contributed by atoms with Gasteiger partial charge in [0.1, 0.15) is 11.2 Å². The Morgan fingerprint density at radius 3 is 1.28 bits per heavy atom. The van der Waals surface area contributed by atoms with E-state index in [0.29, 0.717) is 0 Å². The number of carbonyl (C=O) groups is 2. The van der Waals surface area contributed by atoms with Gasteiger partial charge in [0.05, 0.1) is 6.07 Å². The first-order valence-electron chi connectivity index (χ1n) is 5.36. The summed E-state index contributed by atoms with van der Waals surface area (Å²) in [6, 6.07) is 1.75. The molecule has 0 spiro atoms. The van der Waals surface area contributed by atoms with E-state index >= 15 is 0 Å². The third kappa shape index (κ3) is 16.7. The SMILES string of the molecule is CC#N.CC(C)(C)OC(=O)OC(=O)OC(C)(C)C. The fourth-order valence-electron chi connectivity index (χ4n) is 0.610. The van der Waals surface area contributed by atoms with Crippen molar-refractivity contribution in [3.8, 4) is 6.07 Å². The third-order valence-electron chi connectivity index (χ3n) is 0.946. The topological polar surface area (TPSA) is 85.6 Å². The molecule has 0 aliphatic rings. The Morgan fingerprint density at radius 2 is 1.11 bits per heavy atom. The van der Waals surface area contributed by atoms with Crippen molar-refractivity contribution in [2.24, 2.45) is 0 Å². The Hall–Kier alpha value is -1.77. The lowest BCUT2D eigenvalue weighted by Crippen LogP contribution is -2.29. The molecule has 0 N–H and O–H groups in total. The Balaban J connectivity index is 0. The first-order valence-corrected chi connectivity index (χ1v) is 5.36. The van der Waals surface area contributed by atoms with Crippen LogP contribution in [0.2, 0.25) is 0 Å². The quantitative estimate of drug-likeness (QED) is 0.489. The van der Waals surface area contributed by atoms with Gasteiger partial charge in [-0.25, -0.2) is 9.59 Å². The Kier molecular flexibility index (Phi) is 7.78. The van der Waals surface area contributed by atoms with E-state index in [2.05, 4.69) is 4.74 Å². The fraction of sp³-hybridized carbons (Fsp3) is 0.750. The summed E-state index contributed by atoms with van der Waals surface area (Å²) < 4.78 is 13.8. The normalized spacial score (nSPS) is 10.3. The van der Waals surface area contributed by atoms with E-state index in [-0.39, 0.29) is 0 Å². The van der Waals surface area contributed by atoms with Gasteiger partial charge in [-0.1, -0.05) is 0 Å². The molecule has 0 saturated carbocycles. The average Bonchev–Trinajstić information content (AvgIpc) is 1.95. The maximum absolute atomic E-state index is 11.0. The lowest BCUT2D eigenvalue weighted by molar-refractivity contribution is -0.0293. The predicted molar refractivity (Wildman–Crippen MR) is 64.8 cm³/mol. The summed E-state index contributed by atoms with van der Waals surface area (Å²) in [7, 11) is 0. The van der Waals surface area contributed by atoms with Gasteiger partial charge in [0.25, 0.3) is 0 Å². The molecule has 0 aromatic carbocycles. The van der Waals surface area contributed by atoms with Crippen LogP contribution in [0.5, 0.6) is 0 Å². The van der Waals surface area contributed by atoms with E-state index in [1.54, 1.807) is 47.6 Å². The molecular formula is C12H21NO5. The predicted octanol–water partition coefficient (Wildman–Crippen LogP) is 3.40. The standard InChI is InChI=1S/C10H18O5.C2H3N/c1-9(2,3)14-7(11)13-8(12)15-10(4,5)6;1-2-3/h1-6H3;1H3. The second-order valence-electron chi connectivity index (χ2n) is 5.25. The maximum Gasteiger partial charge on any atom is 0.519 e. The van der Waals surface area contributed by atoms with Crippen LogP contribution in [0.3, 0.4) is 0 Å². The minimum Gasteiger partial charge on any atom is -0.428 e. The van der Waals surface area contributed by atoms with Crippen molar-refractivity contribution >= 4 is 12.3 Å². The highest BCUT2D eigenvalue weighted by Crippen LogP contribution is 2.11. The lowest BCUT2D eigenvalue weighted by Gasteiger charge is -2.20. The number of hydrogen-bond donors (Lipinski definition) is 0. The molecule has 0 aromatic rings. The number of carbonyl (C=O) groups excluding carboxylic acids is 2. The van der Waals surface area contributed by atoms with Crippen molar-refractivity contribution < 1.29 is 23.8 Å². The summed E-state index contributed by atoms with van der Waals surface area (Å²) in [6.07, 6.45) is -2.12. The summed E-state index contributed by atoms with van der Waals surface area (Å²) in [4.78, 5) is 22.0. The number of ether oxygens (including phenoxy) is 3. The Labute approximate surface area is 108 Å². The maximum atomic E-state index is 11.0. The molecule has 0 fully saturated rings. The summed E-state index contributed by atoms with van der Waals surface area (Å²) in [5.74, 6) is 0. The van der Waals surface area contributed by atoms with Crippen LogP contribution in [0.4, 0.5) is 9.59 Å². The van der Waals surface area contributed by atoms with Crippen LogP contribution in [-0.4, -0.2) is 23.5 Å². The molecule has 0 amide bonds. The van der Waals surface area contributed by atoms with Crippen LogP contribution in [0.15, 0.2) is 0 Å².